The zero-order valence-corrected chi connectivity index (χ0v) is 14.6. The summed E-state index contributed by atoms with van der Waals surface area (Å²) in [5.74, 6) is -1.85. The fraction of sp³-hybridized carbons (Fsp3) is 0. The van der Waals surface area contributed by atoms with Crippen LogP contribution in [0.2, 0.25) is 0 Å². The summed E-state index contributed by atoms with van der Waals surface area (Å²) in [6.07, 6.45) is 0. The van der Waals surface area contributed by atoms with Crippen LogP contribution in [-0.2, 0) is 0 Å². The van der Waals surface area contributed by atoms with Crippen molar-refractivity contribution in [1.29, 1.82) is 0 Å². The second kappa shape index (κ2) is 7.42. The summed E-state index contributed by atoms with van der Waals surface area (Å²) in [5.41, 5.74) is 0.590. The number of carboxylic acids is 1. The monoisotopic (exact) mass is 313 g/mol. The van der Waals surface area contributed by atoms with Gasteiger partial charge in [0.15, 0.2) is 0 Å². The predicted octanol–water partition coefficient (Wildman–Crippen LogP) is -0.540. The van der Waals surface area contributed by atoms with Crippen LogP contribution in [-0.4, -0.2) is 11.9 Å². The molecular formula is C18H12NNaO3. The molecule has 23 heavy (non-hydrogen) atoms. The normalized spacial score (nSPS) is 9.91. The molecule has 0 saturated heterocycles. The van der Waals surface area contributed by atoms with E-state index in [-0.39, 0.29) is 40.7 Å². The largest absolute Gasteiger partial charge is 1.00 e. The number of anilines is 1. The molecule has 1 amide bonds. The molecule has 5 heteroatoms. The van der Waals surface area contributed by atoms with Gasteiger partial charge in [0.05, 0.1) is 5.97 Å². The number of nitrogens with one attached hydrogen (secondary N) is 1. The average Bonchev–Trinajstić information content (AvgIpc) is 2.55. The van der Waals surface area contributed by atoms with Crippen LogP contribution < -0.4 is 40.0 Å². The van der Waals surface area contributed by atoms with Gasteiger partial charge in [-0.15, -0.1) is 0 Å². The molecule has 4 nitrogen and oxygen atoms in total. The maximum Gasteiger partial charge on any atom is 1.00 e. The van der Waals surface area contributed by atoms with Gasteiger partial charge >= 0.3 is 29.6 Å². The Labute approximate surface area is 155 Å². The Bertz CT molecular complexity index is 872. The molecule has 0 aliphatic carbocycles. The van der Waals surface area contributed by atoms with Gasteiger partial charge in [0.25, 0.3) is 5.91 Å². The van der Waals surface area contributed by atoms with Gasteiger partial charge in [-0.2, -0.15) is 0 Å². The maximum absolute atomic E-state index is 12.4. The Morgan fingerprint density at radius 3 is 2.13 bits per heavy atom. The number of rotatable bonds is 3. The first kappa shape index (κ1) is 17.2. The summed E-state index contributed by atoms with van der Waals surface area (Å²) in [6.45, 7) is 0. The van der Waals surface area contributed by atoms with E-state index >= 15 is 0 Å². The van der Waals surface area contributed by atoms with E-state index in [1.54, 1.807) is 18.2 Å². The number of hydrogen-bond donors (Lipinski definition) is 1. The third kappa shape index (κ3) is 3.62. The molecule has 0 bridgehead atoms. The third-order valence-electron chi connectivity index (χ3n) is 3.43. The Kier molecular flexibility index (Phi) is 5.55. The van der Waals surface area contributed by atoms with Crippen LogP contribution in [0.25, 0.3) is 10.8 Å². The molecule has 108 valence electrons. The van der Waals surface area contributed by atoms with Crippen LogP contribution in [0.4, 0.5) is 5.69 Å². The van der Waals surface area contributed by atoms with E-state index in [0.29, 0.717) is 5.69 Å². The molecule has 0 saturated carbocycles. The van der Waals surface area contributed by atoms with Gasteiger partial charge in [0.1, 0.15) is 0 Å². The molecule has 0 atom stereocenters. The Hall–Kier alpha value is -2.14. The van der Waals surface area contributed by atoms with E-state index in [1.165, 1.54) is 12.1 Å². The second-order valence-corrected chi connectivity index (χ2v) is 4.81. The fourth-order valence-corrected chi connectivity index (χ4v) is 2.38. The Morgan fingerprint density at radius 2 is 1.39 bits per heavy atom. The van der Waals surface area contributed by atoms with Crippen LogP contribution in [0, 0.1) is 0 Å². The summed E-state index contributed by atoms with van der Waals surface area (Å²) in [5, 5.41) is 15.8. The number of benzene rings is 3. The van der Waals surface area contributed by atoms with Gasteiger partial charge in [0.2, 0.25) is 0 Å². The molecule has 0 heterocycles. The van der Waals surface area contributed by atoms with Crippen molar-refractivity contribution in [2.75, 3.05) is 5.32 Å². The van der Waals surface area contributed by atoms with Crippen molar-refractivity contribution in [3.05, 3.63) is 77.9 Å². The molecule has 0 aliphatic heterocycles. The van der Waals surface area contributed by atoms with Crippen LogP contribution >= 0.6 is 0 Å². The van der Waals surface area contributed by atoms with Gasteiger partial charge < -0.3 is 15.2 Å². The first-order chi connectivity index (χ1) is 10.7. The van der Waals surface area contributed by atoms with Crippen molar-refractivity contribution < 1.29 is 44.3 Å². The van der Waals surface area contributed by atoms with E-state index in [0.717, 1.165) is 10.8 Å². The molecule has 0 aliphatic rings. The van der Waals surface area contributed by atoms with E-state index in [9.17, 15) is 14.7 Å². The van der Waals surface area contributed by atoms with E-state index in [4.69, 9.17) is 0 Å². The Morgan fingerprint density at radius 1 is 0.783 bits per heavy atom. The minimum Gasteiger partial charge on any atom is -0.545 e. The fourth-order valence-electron chi connectivity index (χ4n) is 2.38. The Balaban J connectivity index is 0.00000192. The van der Waals surface area contributed by atoms with Crippen LogP contribution in [0.1, 0.15) is 20.7 Å². The molecule has 3 aromatic rings. The predicted molar refractivity (Wildman–Crippen MR) is 82.7 cm³/mol. The van der Waals surface area contributed by atoms with Crippen molar-refractivity contribution in [2.24, 2.45) is 0 Å². The van der Waals surface area contributed by atoms with Gasteiger partial charge in [0, 0.05) is 22.2 Å². The quantitative estimate of drug-likeness (QED) is 0.660. The third-order valence-corrected chi connectivity index (χ3v) is 3.43. The molecule has 3 aromatic carbocycles. The van der Waals surface area contributed by atoms with Gasteiger partial charge in [-0.1, -0.05) is 54.6 Å². The topological polar surface area (TPSA) is 69.2 Å². The minimum absolute atomic E-state index is 0. The molecule has 0 radical (unpaired) electrons. The van der Waals surface area contributed by atoms with E-state index in [2.05, 4.69) is 5.32 Å². The van der Waals surface area contributed by atoms with Gasteiger partial charge in [-0.3, -0.25) is 4.79 Å². The van der Waals surface area contributed by atoms with Gasteiger partial charge in [-0.05, 0) is 17.5 Å². The summed E-state index contributed by atoms with van der Waals surface area (Å²) >= 11 is 0. The molecule has 3 rings (SSSR count). The molecular weight excluding hydrogens is 301 g/mol. The number of hydrogen-bond acceptors (Lipinski definition) is 3. The van der Waals surface area contributed by atoms with Crippen LogP contribution in [0.5, 0.6) is 0 Å². The van der Waals surface area contributed by atoms with Crippen molar-refractivity contribution in [3.63, 3.8) is 0 Å². The average molecular weight is 313 g/mol. The number of aromatic carboxylic acids is 1. The molecule has 0 aromatic heterocycles. The standard InChI is InChI=1S/C18H13NO3.Na/c20-17(14-9-3-4-10-15(14)18(21)22)19-16-11-5-7-12-6-1-2-8-13(12)16;/h1-11H,(H,19,20)(H,21,22);/q;+1/p-1. The van der Waals surface area contributed by atoms with Crippen molar-refractivity contribution in [1.82, 2.24) is 0 Å². The summed E-state index contributed by atoms with van der Waals surface area (Å²) in [4.78, 5) is 23.5. The summed E-state index contributed by atoms with van der Waals surface area (Å²) < 4.78 is 0. The number of carbonyl (C=O) groups excluding carboxylic acids is 2. The summed E-state index contributed by atoms with van der Waals surface area (Å²) in [6, 6.07) is 19.2. The molecule has 0 fully saturated rings. The minimum atomic E-state index is -1.37. The number of carboxylic acid groups (broad SMARTS) is 1. The molecule has 1 N–H and O–H groups in total. The van der Waals surface area contributed by atoms with Crippen LogP contribution in [0.15, 0.2) is 66.7 Å². The number of amides is 1. The van der Waals surface area contributed by atoms with Gasteiger partial charge in [-0.25, -0.2) is 0 Å². The second-order valence-electron chi connectivity index (χ2n) is 4.81. The van der Waals surface area contributed by atoms with Crippen molar-refractivity contribution in [2.45, 2.75) is 0 Å². The maximum atomic E-state index is 12.4. The first-order valence-electron chi connectivity index (χ1n) is 6.76. The zero-order valence-electron chi connectivity index (χ0n) is 12.6. The molecule has 0 spiro atoms. The SMILES string of the molecule is O=C([O-])c1ccccc1C(=O)Nc1cccc2ccccc12.[Na+]. The van der Waals surface area contributed by atoms with E-state index in [1.807, 2.05) is 36.4 Å². The first-order valence-corrected chi connectivity index (χ1v) is 6.76. The number of fused-ring (bicyclic) bond motifs is 1. The van der Waals surface area contributed by atoms with E-state index < -0.39 is 11.9 Å². The zero-order chi connectivity index (χ0) is 15.5. The smallest absolute Gasteiger partial charge is 0.545 e. The van der Waals surface area contributed by atoms with Crippen molar-refractivity contribution in [3.8, 4) is 0 Å². The van der Waals surface area contributed by atoms with Crippen LogP contribution in [0.3, 0.4) is 0 Å². The number of carbonyl (C=O) groups is 2. The van der Waals surface area contributed by atoms with Crippen molar-refractivity contribution >= 4 is 28.3 Å². The molecule has 0 unspecified atom stereocenters. The summed E-state index contributed by atoms with van der Waals surface area (Å²) in [7, 11) is 0.